The van der Waals surface area contributed by atoms with Gasteiger partial charge in [-0.3, -0.25) is 9.59 Å². The van der Waals surface area contributed by atoms with Crippen molar-refractivity contribution in [3.05, 3.63) is 54.1 Å². The summed E-state index contributed by atoms with van der Waals surface area (Å²) in [6.07, 6.45) is 9.59. The number of ether oxygens (including phenoxy) is 3. The van der Waals surface area contributed by atoms with Crippen LogP contribution in [0.3, 0.4) is 0 Å². The molecular formula is C37H48N6O5S2. The third-order valence-corrected chi connectivity index (χ3v) is 9.79. The molecule has 2 aromatic heterocycles. The van der Waals surface area contributed by atoms with Crippen LogP contribution >= 0.6 is 22.7 Å². The SMILES string of the molecule is CCC(=O)OCCCCCCCCCCOc1ccc(N=Nc2cc3sc(N=Nc4ccc(N(CC)CCOC(C)=O)cc4C)nc3s2)cc1. The van der Waals surface area contributed by atoms with Crippen LogP contribution in [-0.2, 0) is 19.1 Å². The quantitative estimate of drug-likeness (QED) is 0.0449. The molecule has 0 bridgehead atoms. The first-order valence-electron chi connectivity index (χ1n) is 17.5. The Bertz CT molecular complexity index is 1670. The second kappa shape index (κ2) is 21.1. The van der Waals surface area contributed by atoms with Gasteiger partial charge < -0.3 is 19.1 Å². The summed E-state index contributed by atoms with van der Waals surface area (Å²) in [4.78, 5) is 29.8. The zero-order valence-electron chi connectivity index (χ0n) is 29.6. The topological polar surface area (TPSA) is 127 Å². The van der Waals surface area contributed by atoms with Gasteiger partial charge in [0.05, 0.1) is 35.8 Å². The maximum Gasteiger partial charge on any atom is 0.305 e. The minimum atomic E-state index is -0.272. The summed E-state index contributed by atoms with van der Waals surface area (Å²) >= 11 is 2.93. The molecule has 0 N–H and O–H groups in total. The van der Waals surface area contributed by atoms with Crippen LogP contribution in [0, 0.1) is 6.92 Å². The average Bonchev–Trinajstić information content (AvgIpc) is 3.68. The van der Waals surface area contributed by atoms with E-state index in [1.54, 1.807) is 0 Å². The van der Waals surface area contributed by atoms with Crippen molar-refractivity contribution in [2.75, 3.05) is 37.8 Å². The molecule has 4 rings (SSSR count). The third kappa shape index (κ3) is 13.2. The van der Waals surface area contributed by atoms with Gasteiger partial charge in [-0.05, 0) is 80.8 Å². The highest BCUT2D eigenvalue weighted by Crippen LogP contribution is 2.39. The van der Waals surface area contributed by atoms with Crippen LogP contribution in [0.5, 0.6) is 5.75 Å². The molecule has 50 heavy (non-hydrogen) atoms. The molecule has 0 unspecified atom stereocenters. The van der Waals surface area contributed by atoms with Gasteiger partial charge in [-0.25, -0.2) is 4.98 Å². The summed E-state index contributed by atoms with van der Waals surface area (Å²) < 4.78 is 17.1. The van der Waals surface area contributed by atoms with Crippen molar-refractivity contribution >= 4 is 71.3 Å². The first-order valence-corrected chi connectivity index (χ1v) is 19.1. The van der Waals surface area contributed by atoms with E-state index < -0.39 is 0 Å². The predicted octanol–water partition coefficient (Wildman–Crippen LogP) is 11.3. The first kappa shape index (κ1) is 38.6. The lowest BCUT2D eigenvalue weighted by Gasteiger charge is -2.23. The van der Waals surface area contributed by atoms with Crippen LogP contribution < -0.4 is 9.64 Å². The van der Waals surface area contributed by atoms with Gasteiger partial charge in [0.25, 0.3) is 0 Å². The van der Waals surface area contributed by atoms with Gasteiger partial charge >= 0.3 is 11.9 Å². The summed E-state index contributed by atoms with van der Waals surface area (Å²) in [7, 11) is 0. The van der Waals surface area contributed by atoms with E-state index in [9.17, 15) is 9.59 Å². The zero-order valence-corrected chi connectivity index (χ0v) is 31.2. The minimum Gasteiger partial charge on any atom is -0.494 e. The predicted molar refractivity (Wildman–Crippen MR) is 202 cm³/mol. The Hall–Kier alpha value is -4.23. The molecular weight excluding hydrogens is 673 g/mol. The number of anilines is 1. The van der Waals surface area contributed by atoms with Gasteiger partial charge in [-0.1, -0.05) is 68.1 Å². The molecule has 2 aromatic carbocycles. The Morgan fingerprint density at radius 3 is 2.16 bits per heavy atom. The van der Waals surface area contributed by atoms with E-state index >= 15 is 0 Å². The highest BCUT2D eigenvalue weighted by molar-refractivity contribution is 7.30. The number of aromatic nitrogens is 1. The Morgan fingerprint density at radius 2 is 1.50 bits per heavy atom. The molecule has 13 heteroatoms. The van der Waals surface area contributed by atoms with Crippen LogP contribution in [0.2, 0.25) is 0 Å². The molecule has 0 aliphatic heterocycles. The van der Waals surface area contributed by atoms with E-state index in [4.69, 9.17) is 14.2 Å². The Morgan fingerprint density at radius 1 is 0.780 bits per heavy atom. The van der Waals surface area contributed by atoms with E-state index in [0.29, 0.717) is 37.9 Å². The number of benzene rings is 2. The number of unbranched alkanes of at least 4 members (excludes halogenated alkanes) is 7. The summed E-state index contributed by atoms with van der Waals surface area (Å²) in [6, 6.07) is 15.7. The van der Waals surface area contributed by atoms with Crippen LogP contribution in [-0.4, -0.2) is 49.8 Å². The summed E-state index contributed by atoms with van der Waals surface area (Å²) in [6.45, 7) is 10.3. The van der Waals surface area contributed by atoms with Crippen LogP contribution in [0.15, 0.2) is 69.0 Å². The Balaban J connectivity index is 1.15. The highest BCUT2D eigenvalue weighted by atomic mass is 32.1. The van der Waals surface area contributed by atoms with Gasteiger partial charge in [0, 0.05) is 25.6 Å². The number of esters is 2. The van der Waals surface area contributed by atoms with Gasteiger partial charge in [-0.15, -0.1) is 20.5 Å². The van der Waals surface area contributed by atoms with Crippen molar-refractivity contribution < 1.29 is 23.8 Å². The molecule has 0 aliphatic carbocycles. The fraction of sp³-hybridized carbons (Fsp3) is 0.486. The van der Waals surface area contributed by atoms with Crippen LogP contribution in [0.25, 0.3) is 9.53 Å². The summed E-state index contributed by atoms with van der Waals surface area (Å²) in [5, 5.41) is 19.0. The number of rotatable bonds is 22. The number of hydrogen-bond donors (Lipinski definition) is 0. The molecule has 0 amide bonds. The molecule has 268 valence electrons. The molecule has 11 nitrogen and oxygen atoms in total. The lowest BCUT2D eigenvalue weighted by Crippen LogP contribution is -2.27. The lowest BCUT2D eigenvalue weighted by atomic mass is 10.1. The molecule has 0 radical (unpaired) electrons. The van der Waals surface area contributed by atoms with Gasteiger partial charge in [0.15, 0.2) is 0 Å². The standard InChI is InChI=1S/C37H48N6O5S2/c1-5-35(45)48-23-14-12-10-8-7-9-11-13-22-47-31-18-15-29(16-19-31)39-41-34-26-33-36(50-34)38-37(49-33)42-40-32-20-17-30(25-27(32)3)43(6-2)21-24-46-28(4)44/h15-20,25-26H,5-14,21-24H2,1-4H3. The second-order valence-electron chi connectivity index (χ2n) is 11.8. The van der Waals surface area contributed by atoms with Crippen molar-refractivity contribution in [3.63, 3.8) is 0 Å². The smallest absolute Gasteiger partial charge is 0.305 e. The number of thiophene rings is 1. The first-order chi connectivity index (χ1) is 24.3. The fourth-order valence-electron chi connectivity index (χ4n) is 5.08. The van der Waals surface area contributed by atoms with Crippen molar-refractivity contribution in [2.24, 2.45) is 20.5 Å². The maximum atomic E-state index is 11.1. The zero-order chi connectivity index (χ0) is 35.6. The largest absolute Gasteiger partial charge is 0.494 e. The molecule has 0 spiro atoms. The number of azo groups is 2. The molecule has 0 fully saturated rings. The van der Waals surface area contributed by atoms with Crippen molar-refractivity contribution in [1.29, 1.82) is 0 Å². The van der Waals surface area contributed by atoms with Crippen LogP contribution in [0.1, 0.15) is 84.1 Å². The normalized spacial score (nSPS) is 11.5. The molecule has 0 saturated carbocycles. The number of aryl methyl sites for hydroxylation is 1. The number of fused-ring (bicyclic) bond motifs is 1. The van der Waals surface area contributed by atoms with Crippen molar-refractivity contribution in [2.45, 2.75) is 85.5 Å². The Kier molecular flexibility index (Phi) is 16.3. The minimum absolute atomic E-state index is 0.108. The van der Waals surface area contributed by atoms with Crippen LogP contribution in [0.4, 0.5) is 27.2 Å². The Labute approximate surface area is 302 Å². The lowest BCUT2D eigenvalue weighted by molar-refractivity contribution is -0.143. The van der Waals surface area contributed by atoms with Gasteiger partial charge in [0.2, 0.25) is 5.13 Å². The van der Waals surface area contributed by atoms with E-state index in [1.165, 1.54) is 55.3 Å². The molecule has 4 aromatic rings. The maximum absolute atomic E-state index is 11.1. The van der Waals surface area contributed by atoms with E-state index in [0.717, 1.165) is 75.1 Å². The number of thiazole rings is 1. The third-order valence-electron chi connectivity index (χ3n) is 7.86. The summed E-state index contributed by atoms with van der Waals surface area (Å²) in [5.41, 5.74) is 3.58. The average molecular weight is 721 g/mol. The fourth-order valence-corrected chi connectivity index (χ4v) is 6.93. The van der Waals surface area contributed by atoms with Gasteiger partial charge in [-0.2, -0.15) is 0 Å². The number of likely N-dealkylation sites (N-methyl/N-ethyl adjacent to an activating group) is 1. The second-order valence-corrected chi connectivity index (χ2v) is 13.8. The number of carbonyl (C=O) groups is 2. The highest BCUT2D eigenvalue weighted by Gasteiger charge is 2.10. The summed E-state index contributed by atoms with van der Waals surface area (Å²) in [5.74, 6) is 0.454. The molecule has 0 saturated heterocycles. The van der Waals surface area contributed by atoms with E-state index in [1.807, 2.05) is 56.3 Å². The van der Waals surface area contributed by atoms with Gasteiger partial charge in [0.1, 0.15) is 22.2 Å². The number of carbonyl (C=O) groups excluding carboxylic acids is 2. The van der Waals surface area contributed by atoms with E-state index in [2.05, 4.69) is 43.3 Å². The molecule has 0 aliphatic rings. The molecule has 0 atom stereocenters. The van der Waals surface area contributed by atoms with Crippen molar-refractivity contribution in [1.82, 2.24) is 4.98 Å². The van der Waals surface area contributed by atoms with E-state index in [-0.39, 0.29) is 11.9 Å². The molecule has 2 heterocycles. The monoisotopic (exact) mass is 720 g/mol. The number of nitrogens with zero attached hydrogens (tertiary/aromatic N) is 6. The van der Waals surface area contributed by atoms with Crippen molar-refractivity contribution in [3.8, 4) is 5.75 Å². The number of hydrogen-bond acceptors (Lipinski definition) is 13.